The zero-order chi connectivity index (χ0) is 22.5. The van der Waals surface area contributed by atoms with Gasteiger partial charge < -0.3 is 24.8 Å². The maximum Gasteiger partial charge on any atom is 0.254 e. The number of nitrogens with one attached hydrogen (secondary N) is 1. The van der Waals surface area contributed by atoms with Gasteiger partial charge in [0.1, 0.15) is 5.01 Å². The highest BCUT2D eigenvalue weighted by molar-refractivity contribution is 7.18. The number of carbonyl (C=O) groups is 1. The minimum Gasteiger partial charge on any atom is -0.493 e. The number of rotatable bonds is 9. The third-order valence-corrected chi connectivity index (χ3v) is 6.94. The van der Waals surface area contributed by atoms with Crippen LogP contribution in [-0.4, -0.2) is 60.4 Å². The fraction of sp³-hybridized carbons (Fsp3) is 0.417. The quantitative estimate of drug-likeness (QED) is 0.514. The van der Waals surface area contributed by atoms with Crippen LogP contribution in [-0.2, 0) is 6.54 Å². The van der Waals surface area contributed by atoms with Gasteiger partial charge in [-0.2, -0.15) is 0 Å². The molecule has 1 saturated heterocycles. The fourth-order valence-corrected chi connectivity index (χ4v) is 5.32. The number of ether oxygens (including phenoxy) is 2. The first kappa shape index (κ1) is 22.5. The normalized spacial score (nSPS) is 16.8. The number of hydrogen-bond acceptors (Lipinski definition) is 7. The lowest BCUT2D eigenvalue weighted by molar-refractivity contribution is 0.0580. The Morgan fingerprint density at radius 1 is 1.25 bits per heavy atom. The van der Waals surface area contributed by atoms with Crippen LogP contribution in [0.2, 0.25) is 0 Å². The Hall–Kier alpha value is -2.68. The largest absolute Gasteiger partial charge is 0.493 e. The van der Waals surface area contributed by atoms with E-state index in [1.165, 1.54) is 0 Å². The van der Waals surface area contributed by atoms with E-state index in [2.05, 4.69) is 5.32 Å². The second-order valence-electron chi connectivity index (χ2n) is 7.86. The van der Waals surface area contributed by atoms with Crippen molar-refractivity contribution in [2.24, 2.45) is 0 Å². The van der Waals surface area contributed by atoms with Crippen molar-refractivity contribution in [3.8, 4) is 11.5 Å². The molecule has 1 aromatic heterocycles. The predicted octanol–water partition coefficient (Wildman–Crippen LogP) is 3.46. The van der Waals surface area contributed by atoms with E-state index >= 15 is 0 Å². The Kier molecular flexibility index (Phi) is 7.24. The summed E-state index contributed by atoms with van der Waals surface area (Å²) in [5, 5.41) is 14.2. The van der Waals surface area contributed by atoms with Gasteiger partial charge in [0.15, 0.2) is 11.5 Å². The van der Waals surface area contributed by atoms with Crippen molar-refractivity contribution in [3.05, 3.63) is 53.0 Å². The van der Waals surface area contributed by atoms with Gasteiger partial charge >= 0.3 is 0 Å². The number of aliphatic hydroxyl groups is 1. The SMILES string of the molecule is COc1ccc(C(=O)N(Cc2nc3ccccc3s2)C(CCO)C2CCCN2)cc1OC. The van der Waals surface area contributed by atoms with Gasteiger partial charge in [0.05, 0.1) is 31.0 Å². The maximum atomic E-state index is 13.8. The number of aromatic nitrogens is 1. The van der Waals surface area contributed by atoms with Crippen molar-refractivity contribution in [2.75, 3.05) is 27.4 Å². The first-order chi connectivity index (χ1) is 15.6. The summed E-state index contributed by atoms with van der Waals surface area (Å²) in [6.07, 6.45) is 2.54. The van der Waals surface area contributed by atoms with Crippen LogP contribution in [0.15, 0.2) is 42.5 Å². The van der Waals surface area contributed by atoms with E-state index in [0.717, 1.165) is 34.6 Å². The van der Waals surface area contributed by atoms with E-state index in [1.807, 2.05) is 29.2 Å². The van der Waals surface area contributed by atoms with Crippen LogP contribution in [0.4, 0.5) is 0 Å². The van der Waals surface area contributed by atoms with Crippen LogP contribution in [0.5, 0.6) is 11.5 Å². The second-order valence-corrected chi connectivity index (χ2v) is 8.98. The van der Waals surface area contributed by atoms with E-state index < -0.39 is 0 Å². The van der Waals surface area contributed by atoms with Crippen LogP contribution in [0.3, 0.4) is 0 Å². The molecule has 1 aliphatic heterocycles. The number of amides is 1. The Balaban J connectivity index is 1.70. The molecule has 0 bridgehead atoms. The van der Waals surface area contributed by atoms with Crippen LogP contribution < -0.4 is 14.8 Å². The topological polar surface area (TPSA) is 83.9 Å². The summed E-state index contributed by atoms with van der Waals surface area (Å²) in [7, 11) is 3.13. The molecule has 0 aliphatic carbocycles. The minimum absolute atomic E-state index is 0.0123. The number of hydrogen-bond donors (Lipinski definition) is 2. The molecule has 4 rings (SSSR count). The van der Waals surface area contributed by atoms with Crippen LogP contribution >= 0.6 is 11.3 Å². The molecule has 2 N–H and O–H groups in total. The molecule has 1 amide bonds. The molecule has 2 atom stereocenters. The summed E-state index contributed by atoms with van der Waals surface area (Å²) in [5.74, 6) is 0.972. The summed E-state index contributed by atoms with van der Waals surface area (Å²) < 4.78 is 11.8. The Morgan fingerprint density at radius 3 is 2.75 bits per heavy atom. The summed E-state index contributed by atoms with van der Waals surface area (Å²) in [5.41, 5.74) is 1.45. The maximum absolute atomic E-state index is 13.8. The Morgan fingerprint density at radius 2 is 2.06 bits per heavy atom. The number of thiazole rings is 1. The summed E-state index contributed by atoms with van der Waals surface area (Å²) in [4.78, 5) is 20.4. The lowest BCUT2D eigenvalue weighted by Crippen LogP contribution is -2.50. The molecule has 0 saturated carbocycles. The number of benzene rings is 2. The molecule has 2 unspecified atom stereocenters. The minimum atomic E-state index is -0.143. The molecular weight excluding hydrogens is 426 g/mol. The highest BCUT2D eigenvalue weighted by Gasteiger charge is 2.33. The number of nitrogens with zero attached hydrogens (tertiary/aromatic N) is 2. The van der Waals surface area contributed by atoms with E-state index in [1.54, 1.807) is 43.8 Å². The lowest BCUT2D eigenvalue weighted by atomic mass is 10.00. The highest BCUT2D eigenvalue weighted by Crippen LogP contribution is 2.31. The molecule has 7 nitrogen and oxygen atoms in total. The average molecular weight is 456 g/mol. The standard InChI is InChI=1S/C24H29N3O4S/c1-30-20-10-9-16(14-21(20)31-2)24(29)27(19(11-13-28)17-7-5-12-25-17)15-23-26-18-6-3-4-8-22(18)32-23/h3-4,6,8-10,14,17,19,25,28H,5,7,11-13,15H2,1-2H3. The number of methoxy groups -OCH3 is 2. The van der Waals surface area contributed by atoms with Crippen LogP contribution in [0.1, 0.15) is 34.6 Å². The van der Waals surface area contributed by atoms with Crippen molar-refractivity contribution in [1.82, 2.24) is 15.2 Å². The Labute approximate surface area is 192 Å². The van der Waals surface area contributed by atoms with E-state index in [-0.39, 0.29) is 24.6 Å². The molecule has 1 aliphatic rings. The average Bonchev–Trinajstić information content (AvgIpc) is 3.50. The molecule has 8 heteroatoms. The van der Waals surface area contributed by atoms with Gasteiger partial charge in [-0.25, -0.2) is 4.98 Å². The van der Waals surface area contributed by atoms with E-state index in [0.29, 0.717) is 30.0 Å². The van der Waals surface area contributed by atoms with Crippen LogP contribution in [0.25, 0.3) is 10.2 Å². The summed E-state index contributed by atoms with van der Waals surface area (Å²) in [6, 6.07) is 13.2. The molecular formula is C24H29N3O4S. The van der Waals surface area contributed by atoms with Gasteiger partial charge in [-0.05, 0) is 56.1 Å². The molecule has 0 radical (unpaired) electrons. The second kappa shape index (κ2) is 10.3. The van der Waals surface area contributed by atoms with E-state index in [4.69, 9.17) is 14.5 Å². The smallest absolute Gasteiger partial charge is 0.254 e. The summed E-state index contributed by atoms with van der Waals surface area (Å²) in [6.45, 7) is 1.32. The predicted molar refractivity (Wildman–Crippen MR) is 126 cm³/mol. The molecule has 2 heterocycles. The first-order valence-corrected chi connectivity index (χ1v) is 11.7. The number of aliphatic hydroxyl groups excluding tert-OH is 1. The zero-order valence-electron chi connectivity index (χ0n) is 18.4. The van der Waals surface area contributed by atoms with Crippen molar-refractivity contribution in [2.45, 2.75) is 37.9 Å². The van der Waals surface area contributed by atoms with Gasteiger partial charge in [0.25, 0.3) is 5.91 Å². The third-order valence-electron chi connectivity index (χ3n) is 5.92. The molecule has 3 aromatic rings. The van der Waals surface area contributed by atoms with Crippen molar-refractivity contribution < 1.29 is 19.4 Å². The molecule has 170 valence electrons. The van der Waals surface area contributed by atoms with Crippen molar-refractivity contribution in [1.29, 1.82) is 0 Å². The molecule has 32 heavy (non-hydrogen) atoms. The fourth-order valence-electron chi connectivity index (χ4n) is 4.35. The van der Waals surface area contributed by atoms with Gasteiger partial charge in [-0.1, -0.05) is 12.1 Å². The van der Waals surface area contributed by atoms with Gasteiger partial charge in [-0.3, -0.25) is 4.79 Å². The number of fused-ring (bicyclic) bond motifs is 1. The molecule has 0 spiro atoms. The van der Waals surface area contributed by atoms with Crippen molar-refractivity contribution in [3.63, 3.8) is 0 Å². The highest BCUT2D eigenvalue weighted by atomic mass is 32.1. The van der Waals surface area contributed by atoms with Gasteiger partial charge in [-0.15, -0.1) is 11.3 Å². The van der Waals surface area contributed by atoms with Gasteiger partial charge in [0.2, 0.25) is 0 Å². The third kappa shape index (κ3) is 4.72. The molecule has 2 aromatic carbocycles. The lowest BCUT2D eigenvalue weighted by Gasteiger charge is -2.35. The zero-order valence-corrected chi connectivity index (χ0v) is 19.2. The Bertz CT molecular complexity index is 1030. The monoisotopic (exact) mass is 455 g/mol. The number of carbonyl (C=O) groups excluding carboxylic acids is 1. The van der Waals surface area contributed by atoms with Crippen molar-refractivity contribution >= 4 is 27.5 Å². The van der Waals surface area contributed by atoms with E-state index in [9.17, 15) is 9.90 Å². The van der Waals surface area contributed by atoms with Gasteiger partial charge in [0, 0.05) is 24.3 Å². The molecule has 1 fully saturated rings. The first-order valence-electron chi connectivity index (χ1n) is 10.9. The summed E-state index contributed by atoms with van der Waals surface area (Å²) >= 11 is 1.60. The van der Waals surface area contributed by atoms with Crippen LogP contribution in [0, 0.1) is 0 Å². The number of para-hydroxylation sites is 1.